The Hall–Kier alpha value is -4.24. The molecular formula is C26H20N4O4S. The number of benzene rings is 2. The van der Waals surface area contributed by atoms with Crippen molar-refractivity contribution in [1.29, 1.82) is 0 Å². The summed E-state index contributed by atoms with van der Waals surface area (Å²) in [7, 11) is 0. The van der Waals surface area contributed by atoms with Gasteiger partial charge >= 0.3 is 6.03 Å². The van der Waals surface area contributed by atoms with Crippen molar-refractivity contribution < 1.29 is 19.1 Å². The largest absolute Gasteiger partial charge is 0.457 e. The number of anilines is 3. The number of rotatable bonds is 5. The average Bonchev–Trinajstić information content (AvgIpc) is 3.44. The number of para-hydroxylation sites is 1. The van der Waals surface area contributed by atoms with E-state index in [9.17, 15) is 14.4 Å². The first-order valence-electron chi connectivity index (χ1n) is 11.3. The fraction of sp³-hybridized carbons (Fsp3) is 0.154. The summed E-state index contributed by atoms with van der Waals surface area (Å²) in [4.78, 5) is 45.2. The van der Waals surface area contributed by atoms with Gasteiger partial charge in [-0.15, -0.1) is 11.3 Å². The van der Waals surface area contributed by atoms with Crippen LogP contribution in [-0.4, -0.2) is 28.7 Å². The van der Waals surface area contributed by atoms with Gasteiger partial charge in [-0.3, -0.25) is 14.5 Å². The van der Waals surface area contributed by atoms with Gasteiger partial charge in [-0.1, -0.05) is 18.2 Å². The zero-order chi connectivity index (χ0) is 23.9. The van der Waals surface area contributed by atoms with E-state index < -0.39 is 6.04 Å². The molecule has 9 heteroatoms. The van der Waals surface area contributed by atoms with Crippen molar-refractivity contribution in [2.75, 3.05) is 10.2 Å². The van der Waals surface area contributed by atoms with Crippen LogP contribution in [-0.2, 0) is 4.79 Å². The van der Waals surface area contributed by atoms with Gasteiger partial charge in [-0.25, -0.2) is 9.78 Å². The number of ketones is 1. The maximum Gasteiger partial charge on any atom is 0.331 e. The first kappa shape index (κ1) is 21.3. The Bertz CT molecular complexity index is 1470. The lowest BCUT2D eigenvalue weighted by Crippen LogP contribution is -2.38. The van der Waals surface area contributed by atoms with E-state index in [0.717, 1.165) is 12.2 Å². The third kappa shape index (κ3) is 3.79. The third-order valence-electron chi connectivity index (χ3n) is 6.14. The van der Waals surface area contributed by atoms with Crippen molar-refractivity contribution >= 4 is 56.3 Å². The molecule has 0 unspecified atom stereocenters. The summed E-state index contributed by atoms with van der Waals surface area (Å²) in [5.74, 6) is 1.04. The Morgan fingerprint density at radius 3 is 2.57 bits per heavy atom. The molecule has 174 valence electrons. The van der Waals surface area contributed by atoms with Gasteiger partial charge in [0.1, 0.15) is 21.2 Å². The maximum absolute atomic E-state index is 13.2. The Morgan fingerprint density at radius 1 is 1.06 bits per heavy atom. The highest BCUT2D eigenvalue weighted by Crippen LogP contribution is 2.45. The molecule has 2 aliphatic rings. The monoisotopic (exact) mass is 484 g/mol. The lowest BCUT2D eigenvalue weighted by Gasteiger charge is -2.28. The molecule has 0 radical (unpaired) electrons. The summed E-state index contributed by atoms with van der Waals surface area (Å²) in [6.07, 6.45) is 3.52. The molecule has 2 aromatic carbocycles. The van der Waals surface area contributed by atoms with Gasteiger partial charge in [0.05, 0.1) is 28.5 Å². The molecule has 3 amide bonds. The number of Topliss-reactive ketones (excluding diaryl/α,β-unsaturated/α-hetero) is 1. The summed E-state index contributed by atoms with van der Waals surface area (Å²) in [5, 5.41) is 6.40. The van der Waals surface area contributed by atoms with E-state index in [4.69, 9.17) is 4.74 Å². The summed E-state index contributed by atoms with van der Waals surface area (Å²) < 4.78 is 5.86. The van der Waals surface area contributed by atoms with E-state index >= 15 is 0 Å². The molecule has 4 aromatic rings. The number of hydrogen-bond acceptors (Lipinski definition) is 6. The van der Waals surface area contributed by atoms with Gasteiger partial charge in [-0.2, -0.15) is 0 Å². The molecule has 0 bridgehead atoms. The summed E-state index contributed by atoms with van der Waals surface area (Å²) in [6, 6.07) is 17.6. The van der Waals surface area contributed by atoms with E-state index in [-0.39, 0.29) is 17.7 Å². The number of urea groups is 1. The van der Waals surface area contributed by atoms with Crippen LogP contribution in [0.4, 0.5) is 21.9 Å². The number of amides is 3. The highest BCUT2D eigenvalue weighted by Gasteiger charge is 2.34. The van der Waals surface area contributed by atoms with Crippen molar-refractivity contribution in [2.45, 2.75) is 25.3 Å². The van der Waals surface area contributed by atoms with Crippen molar-refractivity contribution in [1.82, 2.24) is 10.3 Å². The fourth-order valence-electron chi connectivity index (χ4n) is 4.48. The molecule has 35 heavy (non-hydrogen) atoms. The Labute approximate surface area is 204 Å². The third-order valence-corrected chi connectivity index (χ3v) is 7.23. The molecule has 2 N–H and O–H groups in total. The van der Waals surface area contributed by atoms with E-state index in [1.165, 1.54) is 11.3 Å². The number of aromatic nitrogens is 1. The molecule has 0 spiro atoms. The molecular weight excluding hydrogens is 464 g/mol. The summed E-state index contributed by atoms with van der Waals surface area (Å²) >= 11 is 1.20. The van der Waals surface area contributed by atoms with Crippen LogP contribution in [0.3, 0.4) is 0 Å². The van der Waals surface area contributed by atoms with Crippen LogP contribution in [0.2, 0.25) is 0 Å². The van der Waals surface area contributed by atoms with Crippen LogP contribution in [0, 0.1) is 0 Å². The summed E-state index contributed by atoms with van der Waals surface area (Å²) in [6.45, 7) is 0. The van der Waals surface area contributed by atoms with Crippen molar-refractivity contribution in [2.24, 2.45) is 0 Å². The smallest absolute Gasteiger partial charge is 0.331 e. The second-order valence-corrected chi connectivity index (χ2v) is 9.37. The molecule has 3 heterocycles. The van der Waals surface area contributed by atoms with Crippen LogP contribution in [0.1, 0.15) is 28.9 Å². The molecule has 2 aromatic heterocycles. The second-order valence-electron chi connectivity index (χ2n) is 8.38. The lowest BCUT2D eigenvalue weighted by atomic mass is 10.1. The normalized spacial score (nSPS) is 16.9. The van der Waals surface area contributed by atoms with Gasteiger partial charge in [0.2, 0.25) is 0 Å². The number of pyridine rings is 1. The zero-order valence-electron chi connectivity index (χ0n) is 18.5. The van der Waals surface area contributed by atoms with E-state index in [2.05, 4.69) is 15.6 Å². The van der Waals surface area contributed by atoms with Crippen LogP contribution in [0.15, 0.2) is 66.9 Å². The molecule has 8 nitrogen and oxygen atoms in total. The highest BCUT2D eigenvalue weighted by atomic mass is 32.1. The fourth-order valence-corrected chi connectivity index (χ4v) is 5.50. The molecule has 6 rings (SSSR count). The van der Waals surface area contributed by atoms with E-state index in [1.807, 2.05) is 30.3 Å². The van der Waals surface area contributed by atoms with Crippen LogP contribution in [0.25, 0.3) is 10.2 Å². The Balaban J connectivity index is 1.33. The molecule has 1 aliphatic heterocycles. The lowest BCUT2D eigenvalue weighted by molar-refractivity contribution is -0.118. The maximum atomic E-state index is 13.2. The van der Waals surface area contributed by atoms with Gasteiger partial charge in [0.25, 0.3) is 5.91 Å². The minimum Gasteiger partial charge on any atom is -0.457 e. The minimum atomic E-state index is -0.472. The predicted octanol–water partition coefficient (Wildman–Crippen LogP) is 5.62. The van der Waals surface area contributed by atoms with Gasteiger partial charge < -0.3 is 15.4 Å². The standard InChI is InChI=1S/C26H20N4O4S/c31-20-8-4-7-18(20)28-24(32)23-22-21-19(13-14-27-25(21)35-23)30(26(33)29-22)15-9-11-17(12-10-15)34-16-5-2-1-3-6-16/h1-3,5-6,9-14,18H,4,7-8H2,(H,28,32)(H,29,33)/t18-/m1/s1. The summed E-state index contributed by atoms with van der Waals surface area (Å²) in [5.41, 5.74) is 1.72. The number of carbonyl (C=O) groups excluding carboxylic acids is 3. The van der Waals surface area contributed by atoms with Gasteiger partial charge in [0, 0.05) is 12.6 Å². The number of ether oxygens (including phenoxy) is 1. The highest BCUT2D eigenvalue weighted by molar-refractivity contribution is 7.21. The van der Waals surface area contributed by atoms with Crippen LogP contribution in [0.5, 0.6) is 11.5 Å². The van der Waals surface area contributed by atoms with Crippen LogP contribution < -0.4 is 20.3 Å². The quantitative estimate of drug-likeness (QED) is 0.383. The molecule has 1 atom stereocenters. The van der Waals surface area contributed by atoms with Crippen molar-refractivity contribution in [3.63, 3.8) is 0 Å². The molecule has 1 saturated carbocycles. The first-order valence-corrected chi connectivity index (χ1v) is 12.1. The number of thiophene rings is 1. The van der Waals surface area contributed by atoms with Crippen LogP contribution >= 0.6 is 11.3 Å². The van der Waals surface area contributed by atoms with Gasteiger partial charge in [0.15, 0.2) is 5.78 Å². The Kier molecular flexibility index (Phi) is 5.18. The van der Waals surface area contributed by atoms with E-state index in [0.29, 0.717) is 50.7 Å². The van der Waals surface area contributed by atoms with Crippen molar-refractivity contribution in [3.05, 3.63) is 71.7 Å². The molecule has 0 saturated heterocycles. The Morgan fingerprint density at radius 2 is 1.83 bits per heavy atom. The van der Waals surface area contributed by atoms with E-state index in [1.54, 1.807) is 41.4 Å². The second kappa shape index (κ2) is 8.52. The SMILES string of the molecule is O=C(N[C@@H]1CCCC1=O)c1sc2nccc3c2c1NC(=O)N3c1ccc(Oc2ccccc2)cc1. The topological polar surface area (TPSA) is 101 Å². The molecule has 1 aliphatic carbocycles. The zero-order valence-corrected chi connectivity index (χ0v) is 19.3. The van der Waals surface area contributed by atoms with Gasteiger partial charge in [-0.05, 0) is 55.3 Å². The first-order chi connectivity index (χ1) is 17.1. The number of nitrogens with zero attached hydrogens (tertiary/aromatic N) is 2. The predicted molar refractivity (Wildman–Crippen MR) is 134 cm³/mol. The minimum absolute atomic E-state index is 0.0434. The number of hydrogen-bond donors (Lipinski definition) is 2. The average molecular weight is 485 g/mol. The number of nitrogens with one attached hydrogen (secondary N) is 2. The number of carbonyl (C=O) groups is 3. The van der Waals surface area contributed by atoms with Crippen molar-refractivity contribution in [3.8, 4) is 11.5 Å². The molecule has 1 fully saturated rings.